The van der Waals surface area contributed by atoms with Gasteiger partial charge < -0.3 is 0 Å². The summed E-state index contributed by atoms with van der Waals surface area (Å²) in [5.74, 6) is 0.0117. The van der Waals surface area contributed by atoms with E-state index >= 15 is 0 Å². The number of carbonyl (C=O) groups excluding carboxylic acids is 1. The summed E-state index contributed by atoms with van der Waals surface area (Å²) in [6.45, 7) is 1.87. The minimum atomic E-state index is 0.0117. The molecular weight excluding hydrogens is 224 g/mol. The number of aryl methyl sites for hydroxylation is 1. The van der Waals surface area contributed by atoms with E-state index in [1.54, 1.807) is 36.7 Å². The highest BCUT2D eigenvalue weighted by Crippen LogP contribution is 2.14. The lowest BCUT2D eigenvalue weighted by Gasteiger charge is -2.05. The van der Waals surface area contributed by atoms with Gasteiger partial charge in [-0.3, -0.25) is 9.78 Å². The van der Waals surface area contributed by atoms with Crippen molar-refractivity contribution >= 4 is 5.78 Å². The second-order valence-electron chi connectivity index (χ2n) is 4.10. The number of pyridine rings is 1. The van der Waals surface area contributed by atoms with Crippen molar-refractivity contribution in [1.29, 1.82) is 5.26 Å². The highest BCUT2D eigenvalue weighted by molar-refractivity contribution is 5.99. The van der Waals surface area contributed by atoms with E-state index in [0.717, 1.165) is 11.1 Å². The molecule has 1 aromatic carbocycles. The molecular formula is C15H12N2O. The molecule has 0 aliphatic rings. The molecule has 3 nitrogen and oxygen atoms in total. The van der Waals surface area contributed by atoms with Gasteiger partial charge in [0.1, 0.15) is 0 Å². The highest BCUT2D eigenvalue weighted by Gasteiger charge is 2.10. The zero-order valence-electron chi connectivity index (χ0n) is 10.1. The Morgan fingerprint density at radius 1 is 1.39 bits per heavy atom. The van der Waals surface area contributed by atoms with Gasteiger partial charge in [-0.05, 0) is 36.2 Å². The molecule has 0 aliphatic heterocycles. The molecule has 88 valence electrons. The van der Waals surface area contributed by atoms with Crippen molar-refractivity contribution < 1.29 is 4.79 Å². The molecule has 0 unspecified atom stereocenters. The van der Waals surface area contributed by atoms with Crippen molar-refractivity contribution in [3.63, 3.8) is 0 Å². The third-order valence-corrected chi connectivity index (χ3v) is 2.75. The lowest BCUT2D eigenvalue weighted by Crippen LogP contribution is -2.06. The number of carbonyl (C=O) groups is 1. The first-order valence-electron chi connectivity index (χ1n) is 5.63. The number of benzene rings is 1. The SMILES string of the molecule is Cc1ccc(C#N)cc1C(=O)Cc1cccnc1. The highest BCUT2D eigenvalue weighted by atomic mass is 16.1. The lowest BCUT2D eigenvalue weighted by atomic mass is 9.98. The minimum Gasteiger partial charge on any atom is -0.294 e. The average Bonchev–Trinajstić information content (AvgIpc) is 2.40. The summed E-state index contributed by atoms with van der Waals surface area (Å²) in [5.41, 5.74) is 2.89. The average molecular weight is 236 g/mol. The van der Waals surface area contributed by atoms with Crippen molar-refractivity contribution in [3.05, 3.63) is 65.0 Å². The summed E-state index contributed by atoms with van der Waals surface area (Å²) in [6.07, 6.45) is 3.67. The number of Topliss-reactive ketones (excluding diaryl/α,β-unsaturated/α-hetero) is 1. The molecule has 0 spiro atoms. The Bertz CT molecular complexity index is 612. The maximum absolute atomic E-state index is 12.2. The van der Waals surface area contributed by atoms with Crippen LogP contribution in [0.3, 0.4) is 0 Å². The predicted molar refractivity (Wildman–Crippen MR) is 68.2 cm³/mol. The van der Waals surface area contributed by atoms with E-state index in [-0.39, 0.29) is 5.78 Å². The van der Waals surface area contributed by atoms with Crippen LogP contribution in [0.25, 0.3) is 0 Å². The Hall–Kier alpha value is -2.47. The van der Waals surface area contributed by atoms with Gasteiger partial charge in [0.15, 0.2) is 5.78 Å². The van der Waals surface area contributed by atoms with Gasteiger partial charge in [-0.1, -0.05) is 12.1 Å². The summed E-state index contributed by atoms with van der Waals surface area (Å²) in [4.78, 5) is 16.1. The summed E-state index contributed by atoms with van der Waals surface area (Å²) >= 11 is 0. The largest absolute Gasteiger partial charge is 0.294 e. The third-order valence-electron chi connectivity index (χ3n) is 2.75. The van der Waals surface area contributed by atoms with Gasteiger partial charge in [0.25, 0.3) is 0 Å². The van der Waals surface area contributed by atoms with E-state index in [1.807, 2.05) is 19.1 Å². The number of nitriles is 1. The summed E-state index contributed by atoms with van der Waals surface area (Å²) in [7, 11) is 0. The molecule has 0 saturated carbocycles. The second kappa shape index (κ2) is 5.24. The van der Waals surface area contributed by atoms with Crippen LogP contribution in [0.15, 0.2) is 42.7 Å². The van der Waals surface area contributed by atoms with E-state index in [0.29, 0.717) is 17.5 Å². The molecule has 1 heterocycles. The van der Waals surface area contributed by atoms with Crippen molar-refractivity contribution in [2.75, 3.05) is 0 Å². The maximum Gasteiger partial charge on any atom is 0.167 e. The molecule has 2 rings (SSSR count). The van der Waals surface area contributed by atoms with Gasteiger partial charge in [-0.25, -0.2) is 0 Å². The monoisotopic (exact) mass is 236 g/mol. The number of ketones is 1. The molecule has 0 aliphatic carbocycles. The molecule has 0 amide bonds. The van der Waals surface area contributed by atoms with Crippen LogP contribution in [-0.2, 0) is 6.42 Å². The number of aromatic nitrogens is 1. The number of hydrogen-bond acceptors (Lipinski definition) is 3. The first kappa shape index (κ1) is 12.0. The Kier molecular flexibility index (Phi) is 3.49. The Morgan fingerprint density at radius 3 is 2.89 bits per heavy atom. The van der Waals surface area contributed by atoms with Gasteiger partial charge in [0.2, 0.25) is 0 Å². The van der Waals surface area contributed by atoms with Crippen LogP contribution in [-0.4, -0.2) is 10.8 Å². The normalized spacial score (nSPS) is 9.78. The van der Waals surface area contributed by atoms with Crippen LogP contribution in [0.2, 0.25) is 0 Å². The van der Waals surface area contributed by atoms with Gasteiger partial charge >= 0.3 is 0 Å². The van der Waals surface area contributed by atoms with Gasteiger partial charge in [0.05, 0.1) is 11.6 Å². The zero-order chi connectivity index (χ0) is 13.0. The van der Waals surface area contributed by atoms with Crippen LogP contribution in [0.1, 0.15) is 27.0 Å². The van der Waals surface area contributed by atoms with E-state index in [2.05, 4.69) is 4.98 Å². The molecule has 18 heavy (non-hydrogen) atoms. The zero-order valence-corrected chi connectivity index (χ0v) is 10.1. The van der Waals surface area contributed by atoms with Crippen LogP contribution in [0, 0.1) is 18.3 Å². The smallest absolute Gasteiger partial charge is 0.167 e. The third kappa shape index (κ3) is 2.61. The van der Waals surface area contributed by atoms with E-state index in [9.17, 15) is 4.79 Å². The van der Waals surface area contributed by atoms with Crippen molar-refractivity contribution in [2.24, 2.45) is 0 Å². The molecule has 0 atom stereocenters. The second-order valence-corrected chi connectivity index (χ2v) is 4.10. The topological polar surface area (TPSA) is 53.8 Å². The Balaban J connectivity index is 2.27. The van der Waals surface area contributed by atoms with Gasteiger partial charge in [-0.2, -0.15) is 5.26 Å². The fourth-order valence-electron chi connectivity index (χ4n) is 1.78. The van der Waals surface area contributed by atoms with Crippen molar-refractivity contribution in [3.8, 4) is 6.07 Å². The van der Waals surface area contributed by atoms with Gasteiger partial charge in [-0.15, -0.1) is 0 Å². The summed E-state index contributed by atoms with van der Waals surface area (Å²) in [5, 5.41) is 8.85. The van der Waals surface area contributed by atoms with Crippen LogP contribution in [0.5, 0.6) is 0 Å². The van der Waals surface area contributed by atoms with E-state index in [1.165, 1.54) is 0 Å². The van der Waals surface area contributed by atoms with Crippen LogP contribution < -0.4 is 0 Å². The van der Waals surface area contributed by atoms with Crippen LogP contribution >= 0.6 is 0 Å². The van der Waals surface area contributed by atoms with E-state index < -0.39 is 0 Å². The number of rotatable bonds is 3. The molecule has 0 fully saturated rings. The molecule has 0 bridgehead atoms. The van der Waals surface area contributed by atoms with Crippen molar-refractivity contribution in [1.82, 2.24) is 4.98 Å². The quantitative estimate of drug-likeness (QED) is 0.770. The molecule has 2 aromatic rings. The predicted octanol–water partition coefficient (Wildman–Crippen LogP) is 2.69. The molecule has 1 aromatic heterocycles. The number of hydrogen-bond donors (Lipinski definition) is 0. The fourth-order valence-corrected chi connectivity index (χ4v) is 1.78. The van der Waals surface area contributed by atoms with Crippen molar-refractivity contribution in [2.45, 2.75) is 13.3 Å². The molecule has 0 radical (unpaired) electrons. The first-order chi connectivity index (χ1) is 8.70. The first-order valence-corrected chi connectivity index (χ1v) is 5.63. The maximum atomic E-state index is 12.2. The van der Waals surface area contributed by atoms with E-state index in [4.69, 9.17) is 5.26 Å². The molecule has 3 heteroatoms. The van der Waals surface area contributed by atoms with Gasteiger partial charge in [0, 0.05) is 24.4 Å². The lowest BCUT2D eigenvalue weighted by molar-refractivity contribution is 0.0992. The molecule has 0 saturated heterocycles. The summed E-state index contributed by atoms with van der Waals surface area (Å²) in [6, 6.07) is 10.9. The standard InChI is InChI=1S/C15H12N2O/c1-11-4-5-12(9-16)7-14(11)15(18)8-13-3-2-6-17-10-13/h2-7,10H,8H2,1H3. The fraction of sp³-hybridized carbons (Fsp3) is 0.133. The van der Waals surface area contributed by atoms with Crippen LogP contribution in [0.4, 0.5) is 0 Å². The number of nitrogens with zero attached hydrogens (tertiary/aromatic N) is 2. The minimum absolute atomic E-state index is 0.0117. The summed E-state index contributed by atoms with van der Waals surface area (Å²) < 4.78 is 0. The Morgan fingerprint density at radius 2 is 2.22 bits per heavy atom. The molecule has 0 N–H and O–H groups in total. The Labute approximate surface area is 106 Å².